The monoisotopic (exact) mass is 346 g/mol. The van der Waals surface area contributed by atoms with Gasteiger partial charge < -0.3 is 0 Å². The van der Waals surface area contributed by atoms with Gasteiger partial charge in [0.1, 0.15) is 0 Å². The lowest BCUT2D eigenvalue weighted by Crippen LogP contribution is -2.03. The van der Waals surface area contributed by atoms with Crippen molar-refractivity contribution >= 4 is 54.0 Å². The molecule has 0 radical (unpaired) electrons. The number of thiophene rings is 1. The Hall–Kier alpha value is -0.190. The molecule has 2 rings (SSSR count). The Kier molecular flexibility index (Phi) is 3.01. The predicted octanol–water partition coefficient (Wildman–Crippen LogP) is 4.40. The van der Waals surface area contributed by atoms with Crippen LogP contribution < -0.4 is 5.43 Å². The Morgan fingerprint density at radius 3 is 1.80 bits per heavy atom. The van der Waals surface area contributed by atoms with E-state index in [9.17, 15) is 4.79 Å². The zero-order valence-electron chi connectivity index (χ0n) is 8.23. The molecule has 4 heteroatoms. The molecule has 1 aromatic carbocycles. The van der Waals surface area contributed by atoms with Crippen molar-refractivity contribution in [3.63, 3.8) is 0 Å². The van der Waals surface area contributed by atoms with Crippen LogP contribution in [0.15, 0.2) is 24.5 Å². The molecule has 0 saturated heterocycles. The third-order valence-corrected chi connectivity index (χ3v) is 4.95. The average Bonchev–Trinajstić information content (AvgIpc) is 2.36. The molecule has 0 spiro atoms. The summed E-state index contributed by atoms with van der Waals surface area (Å²) in [6.45, 7) is 3.71. The largest absolute Gasteiger partial charge is 0.289 e. The van der Waals surface area contributed by atoms with Gasteiger partial charge in [0.2, 0.25) is 0 Å². The van der Waals surface area contributed by atoms with Gasteiger partial charge in [-0.3, -0.25) is 4.79 Å². The first-order valence-corrected chi connectivity index (χ1v) is 6.80. The lowest BCUT2D eigenvalue weighted by Gasteiger charge is -1.84. The van der Waals surface area contributed by atoms with Crippen LogP contribution >= 0.6 is 43.2 Å². The summed E-state index contributed by atoms with van der Waals surface area (Å²) in [5.41, 5.74) is 1.69. The molecule has 0 bridgehead atoms. The summed E-state index contributed by atoms with van der Waals surface area (Å²) in [6.07, 6.45) is 0. The quantitative estimate of drug-likeness (QED) is 0.690. The van der Waals surface area contributed by atoms with Gasteiger partial charge in [0.05, 0.1) is 7.57 Å². The maximum atomic E-state index is 11.8. The molecule has 0 aliphatic heterocycles. The van der Waals surface area contributed by atoms with E-state index in [0.717, 1.165) is 29.5 Å². The second-order valence-electron chi connectivity index (χ2n) is 3.46. The first-order chi connectivity index (χ1) is 7.00. The molecule has 15 heavy (non-hydrogen) atoms. The summed E-state index contributed by atoms with van der Waals surface area (Å²) in [7, 11) is 0. The minimum absolute atomic E-state index is 0.120. The van der Waals surface area contributed by atoms with Crippen molar-refractivity contribution in [3.05, 3.63) is 41.1 Å². The highest BCUT2D eigenvalue weighted by molar-refractivity contribution is 9.12. The molecule has 1 aromatic heterocycles. The smallest absolute Gasteiger partial charge is 0.184 e. The van der Waals surface area contributed by atoms with Crippen LogP contribution in [0.4, 0.5) is 0 Å². The van der Waals surface area contributed by atoms with Crippen molar-refractivity contribution in [2.75, 3.05) is 0 Å². The highest BCUT2D eigenvalue weighted by Gasteiger charge is 2.08. The molecule has 1 nitrogen and oxygen atoms in total. The van der Waals surface area contributed by atoms with Crippen LogP contribution in [0.25, 0.3) is 10.8 Å². The first-order valence-electron chi connectivity index (χ1n) is 4.40. The van der Waals surface area contributed by atoms with E-state index in [1.54, 1.807) is 11.3 Å². The maximum absolute atomic E-state index is 11.8. The van der Waals surface area contributed by atoms with E-state index in [0.29, 0.717) is 0 Å². The molecule has 0 aliphatic rings. The summed E-state index contributed by atoms with van der Waals surface area (Å²) in [5.74, 6) is 0. The van der Waals surface area contributed by atoms with Crippen LogP contribution in [0.1, 0.15) is 11.1 Å². The van der Waals surface area contributed by atoms with Gasteiger partial charge in [0, 0.05) is 10.8 Å². The van der Waals surface area contributed by atoms with E-state index in [1.807, 2.05) is 26.0 Å². The Balaban J connectivity index is 3.08. The van der Waals surface area contributed by atoms with Crippen LogP contribution in [0.3, 0.4) is 0 Å². The Morgan fingerprint density at radius 2 is 1.40 bits per heavy atom. The van der Waals surface area contributed by atoms with Gasteiger partial charge in [-0.2, -0.15) is 0 Å². The van der Waals surface area contributed by atoms with Gasteiger partial charge in [-0.15, -0.1) is 11.3 Å². The van der Waals surface area contributed by atoms with Crippen molar-refractivity contribution in [2.24, 2.45) is 0 Å². The molecule has 2 aromatic rings. The summed E-state index contributed by atoms with van der Waals surface area (Å²) in [6, 6.07) is 3.88. The van der Waals surface area contributed by atoms with E-state index in [4.69, 9.17) is 0 Å². The fraction of sp³-hybridized carbons (Fsp3) is 0.182. The van der Waals surface area contributed by atoms with Gasteiger partial charge in [0.25, 0.3) is 0 Å². The van der Waals surface area contributed by atoms with Gasteiger partial charge in [0.15, 0.2) is 5.43 Å². The summed E-state index contributed by atoms with van der Waals surface area (Å²) < 4.78 is 2.12. The summed E-state index contributed by atoms with van der Waals surface area (Å²) in [5, 5.41) is 2.18. The summed E-state index contributed by atoms with van der Waals surface area (Å²) in [4.78, 5) is 11.8. The Bertz CT molecular complexity index is 553. The topological polar surface area (TPSA) is 17.1 Å². The molecular formula is C11H8Br2OS. The number of hydrogen-bond donors (Lipinski definition) is 0. The molecule has 0 unspecified atom stereocenters. The van der Waals surface area contributed by atoms with Gasteiger partial charge >= 0.3 is 0 Å². The Morgan fingerprint density at radius 1 is 1.00 bits per heavy atom. The molecule has 0 amide bonds. The van der Waals surface area contributed by atoms with E-state index < -0.39 is 0 Å². The van der Waals surface area contributed by atoms with E-state index >= 15 is 0 Å². The van der Waals surface area contributed by atoms with Crippen molar-refractivity contribution < 1.29 is 0 Å². The van der Waals surface area contributed by atoms with E-state index in [1.165, 1.54) is 0 Å². The van der Waals surface area contributed by atoms with E-state index in [2.05, 4.69) is 31.9 Å². The van der Waals surface area contributed by atoms with Crippen molar-refractivity contribution in [1.82, 2.24) is 0 Å². The number of fused-ring (bicyclic) bond motifs is 1. The van der Waals surface area contributed by atoms with Crippen LogP contribution in [-0.2, 0) is 0 Å². The minimum Gasteiger partial charge on any atom is -0.289 e. The zero-order valence-corrected chi connectivity index (χ0v) is 12.2. The second kappa shape index (κ2) is 4.00. The first kappa shape index (κ1) is 11.3. The molecule has 1 heterocycles. The lowest BCUT2D eigenvalue weighted by molar-refractivity contribution is 1.35. The number of aryl methyl sites for hydroxylation is 2. The van der Waals surface area contributed by atoms with Crippen LogP contribution in [-0.4, -0.2) is 0 Å². The Labute approximate surface area is 108 Å². The van der Waals surface area contributed by atoms with Crippen molar-refractivity contribution in [1.29, 1.82) is 0 Å². The predicted molar refractivity (Wildman–Crippen MR) is 73.0 cm³/mol. The lowest BCUT2D eigenvalue weighted by atomic mass is 10.2. The molecular weight excluding hydrogens is 340 g/mol. The second-order valence-corrected chi connectivity index (χ2v) is 7.12. The molecule has 0 fully saturated rings. The normalized spacial score (nSPS) is 10.9. The third-order valence-electron chi connectivity index (χ3n) is 2.33. The van der Waals surface area contributed by atoms with Gasteiger partial charge in [-0.05, 0) is 69.0 Å². The highest BCUT2D eigenvalue weighted by atomic mass is 79.9. The molecule has 0 saturated carbocycles. The van der Waals surface area contributed by atoms with Crippen LogP contribution in [0.2, 0.25) is 0 Å². The van der Waals surface area contributed by atoms with Crippen molar-refractivity contribution in [3.8, 4) is 0 Å². The fourth-order valence-corrected chi connectivity index (χ4v) is 4.54. The number of halogens is 2. The average molecular weight is 348 g/mol. The van der Waals surface area contributed by atoms with Crippen molar-refractivity contribution in [2.45, 2.75) is 13.8 Å². The van der Waals surface area contributed by atoms with Gasteiger partial charge in [-0.1, -0.05) is 0 Å². The van der Waals surface area contributed by atoms with Crippen LogP contribution in [0.5, 0.6) is 0 Å². The molecule has 0 N–H and O–H groups in total. The standard InChI is InChI=1S/C11H8Br2OS/c1-5-3-7-8(4-6(2)9(5)14)11(13)15-10(7)12/h3-4H,1-2H3. The zero-order chi connectivity index (χ0) is 11.2. The summed E-state index contributed by atoms with van der Waals surface area (Å²) >= 11 is 8.65. The number of hydrogen-bond acceptors (Lipinski definition) is 2. The van der Waals surface area contributed by atoms with Crippen LogP contribution in [0, 0.1) is 13.8 Å². The van der Waals surface area contributed by atoms with E-state index in [-0.39, 0.29) is 5.43 Å². The minimum atomic E-state index is 0.120. The highest BCUT2D eigenvalue weighted by Crippen LogP contribution is 2.38. The van der Waals surface area contributed by atoms with Gasteiger partial charge in [-0.25, -0.2) is 0 Å². The maximum Gasteiger partial charge on any atom is 0.184 e. The molecule has 0 atom stereocenters. The third kappa shape index (κ3) is 1.90. The molecule has 0 aliphatic carbocycles. The fourth-order valence-electron chi connectivity index (χ4n) is 1.54. The molecule has 78 valence electrons. The SMILES string of the molecule is Cc1cc2c(Br)sc(Br)c2cc(C)c1=O. The number of rotatable bonds is 0.